The lowest BCUT2D eigenvalue weighted by Crippen LogP contribution is -1.94. The van der Waals surface area contributed by atoms with Gasteiger partial charge in [0.25, 0.3) is 0 Å². The molecule has 0 amide bonds. The maximum Gasteiger partial charge on any atom is 0.203 e. The van der Waals surface area contributed by atoms with E-state index in [-0.39, 0.29) is 0 Å². The lowest BCUT2D eigenvalue weighted by atomic mass is 10.3. The molecule has 0 saturated carbocycles. The zero-order valence-corrected chi connectivity index (χ0v) is 9.71. The molecule has 17 heavy (non-hydrogen) atoms. The van der Waals surface area contributed by atoms with Crippen molar-refractivity contribution in [2.75, 3.05) is 14.2 Å². The minimum absolute atomic E-state index is 0.576. The summed E-state index contributed by atoms with van der Waals surface area (Å²) in [4.78, 5) is 3.93. The van der Waals surface area contributed by atoms with Crippen LogP contribution in [0.2, 0.25) is 0 Å². The van der Waals surface area contributed by atoms with E-state index in [2.05, 4.69) is 4.98 Å². The van der Waals surface area contributed by atoms with Crippen molar-refractivity contribution in [3.05, 3.63) is 42.7 Å². The zero-order valence-electron chi connectivity index (χ0n) is 9.71. The van der Waals surface area contributed by atoms with Crippen LogP contribution in [0.5, 0.6) is 23.0 Å². The molecule has 1 aromatic heterocycles. The average Bonchev–Trinajstić information content (AvgIpc) is 2.39. The second-order valence-corrected chi connectivity index (χ2v) is 3.28. The first kappa shape index (κ1) is 11.3. The normalized spacial score (nSPS) is 9.76. The smallest absolute Gasteiger partial charge is 0.203 e. The summed E-state index contributed by atoms with van der Waals surface area (Å²) in [5.41, 5.74) is 0. The van der Waals surface area contributed by atoms with Gasteiger partial charge in [-0.2, -0.15) is 0 Å². The minimum Gasteiger partial charge on any atom is -0.493 e. The van der Waals surface area contributed by atoms with Crippen molar-refractivity contribution in [2.45, 2.75) is 0 Å². The van der Waals surface area contributed by atoms with Gasteiger partial charge in [0.05, 0.1) is 14.2 Å². The van der Waals surface area contributed by atoms with Gasteiger partial charge in [0.1, 0.15) is 5.75 Å². The number of nitrogens with zero attached hydrogens (tertiary/aromatic N) is 1. The first-order valence-corrected chi connectivity index (χ1v) is 5.14. The van der Waals surface area contributed by atoms with Gasteiger partial charge in [-0.05, 0) is 24.3 Å². The van der Waals surface area contributed by atoms with Crippen molar-refractivity contribution in [1.29, 1.82) is 0 Å². The second kappa shape index (κ2) is 5.21. The van der Waals surface area contributed by atoms with Crippen molar-refractivity contribution in [1.82, 2.24) is 4.98 Å². The molecule has 1 aromatic carbocycles. The zero-order chi connectivity index (χ0) is 12.1. The molecule has 0 fully saturated rings. The van der Waals surface area contributed by atoms with Crippen LogP contribution in [0.1, 0.15) is 0 Å². The monoisotopic (exact) mass is 231 g/mol. The fourth-order valence-electron chi connectivity index (χ4n) is 1.47. The molecule has 0 atom stereocenters. The highest BCUT2D eigenvalue weighted by Crippen LogP contribution is 2.38. The Bertz CT molecular complexity index is 485. The van der Waals surface area contributed by atoms with E-state index in [9.17, 15) is 0 Å². The summed E-state index contributed by atoms with van der Waals surface area (Å²) in [5, 5.41) is 0. The van der Waals surface area contributed by atoms with Gasteiger partial charge in [-0.1, -0.05) is 6.07 Å². The van der Waals surface area contributed by atoms with Gasteiger partial charge < -0.3 is 14.2 Å². The molecule has 0 aliphatic carbocycles. The lowest BCUT2D eigenvalue weighted by Gasteiger charge is -2.12. The molecule has 1 heterocycles. The molecule has 0 bridgehead atoms. The Morgan fingerprint density at radius 2 is 1.59 bits per heavy atom. The third-order valence-electron chi connectivity index (χ3n) is 2.24. The number of rotatable bonds is 4. The van der Waals surface area contributed by atoms with Gasteiger partial charge in [-0.25, -0.2) is 0 Å². The van der Waals surface area contributed by atoms with Crippen molar-refractivity contribution in [2.24, 2.45) is 0 Å². The van der Waals surface area contributed by atoms with Gasteiger partial charge in [0.15, 0.2) is 11.5 Å². The van der Waals surface area contributed by atoms with Crippen LogP contribution in [0.3, 0.4) is 0 Å². The van der Waals surface area contributed by atoms with Gasteiger partial charge in [0.2, 0.25) is 5.75 Å². The number of ether oxygens (including phenoxy) is 3. The van der Waals surface area contributed by atoms with Crippen molar-refractivity contribution in [3.8, 4) is 23.0 Å². The molecule has 0 N–H and O–H groups in total. The van der Waals surface area contributed by atoms with Crippen LogP contribution in [0, 0.1) is 0 Å². The van der Waals surface area contributed by atoms with Crippen LogP contribution in [0.15, 0.2) is 42.7 Å². The second-order valence-electron chi connectivity index (χ2n) is 3.28. The molecule has 0 unspecified atom stereocenters. The van der Waals surface area contributed by atoms with Crippen molar-refractivity contribution >= 4 is 0 Å². The number of methoxy groups -OCH3 is 2. The number of benzene rings is 1. The number of hydrogen-bond acceptors (Lipinski definition) is 4. The Morgan fingerprint density at radius 1 is 0.882 bits per heavy atom. The first-order chi connectivity index (χ1) is 8.35. The number of hydrogen-bond donors (Lipinski definition) is 0. The van der Waals surface area contributed by atoms with Crippen molar-refractivity contribution < 1.29 is 14.2 Å². The Morgan fingerprint density at radius 3 is 2.24 bits per heavy atom. The highest BCUT2D eigenvalue weighted by Gasteiger charge is 2.11. The molecule has 4 nitrogen and oxygen atoms in total. The summed E-state index contributed by atoms with van der Waals surface area (Å²) >= 11 is 0. The summed E-state index contributed by atoms with van der Waals surface area (Å²) in [6.07, 6.45) is 3.34. The van der Waals surface area contributed by atoms with Gasteiger partial charge in [-0.15, -0.1) is 0 Å². The number of pyridine rings is 1. The van der Waals surface area contributed by atoms with E-state index in [1.165, 1.54) is 0 Å². The first-order valence-electron chi connectivity index (χ1n) is 5.14. The fraction of sp³-hybridized carbons (Fsp3) is 0.154. The molecule has 4 heteroatoms. The molecule has 0 spiro atoms. The van der Waals surface area contributed by atoms with Gasteiger partial charge in [-0.3, -0.25) is 4.98 Å². The highest BCUT2D eigenvalue weighted by molar-refractivity contribution is 5.52. The van der Waals surface area contributed by atoms with Crippen LogP contribution in [-0.2, 0) is 0 Å². The van der Waals surface area contributed by atoms with Crippen LogP contribution >= 0.6 is 0 Å². The molecule has 2 aromatic rings. The molecule has 2 rings (SSSR count). The fourth-order valence-corrected chi connectivity index (χ4v) is 1.47. The molecule has 88 valence electrons. The molecule has 0 aliphatic heterocycles. The predicted octanol–water partition coefficient (Wildman–Crippen LogP) is 2.89. The maximum atomic E-state index is 5.70. The van der Waals surface area contributed by atoms with Crippen LogP contribution < -0.4 is 14.2 Å². The summed E-state index contributed by atoms with van der Waals surface area (Å²) in [7, 11) is 3.17. The summed E-state index contributed by atoms with van der Waals surface area (Å²) < 4.78 is 16.2. The summed E-state index contributed by atoms with van der Waals surface area (Å²) in [6, 6.07) is 9.04. The minimum atomic E-state index is 0.576. The van der Waals surface area contributed by atoms with Crippen LogP contribution in [0.25, 0.3) is 0 Å². The Balaban J connectivity index is 2.33. The Labute approximate surface area is 99.8 Å². The largest absolute Gasteiger partial charge is 0.493 e. The van der Waals surface area contributed by atoms with E-state index < -0.39 is 0 Å². The van der Waals surface area contributed by atoms with Crippen LogP contribution in [-0.4, -0.2) is 19.2 Å². The van der Waals surface area contributed by atoms with Gasteiger partial charge >= 0.3 is 0 Å². The number of aromatic nitrogens is 1. The van der Waals surface area contributed by atoms with Crippen LogP contribution in [0.4, 0.5) is 0 Å². The quantitative estimate of drug-likeness (QED) is 0.811. The molecular weight excluding hydrogens is 218 g/mol. The van der Waals surface area contributed by atoms with Crippen molar-refractivity contribution in [3.63, 3.8) is 0 Å². The maximum absolute atomic E-state index is 5.70. The Kier molecular flexibility index (Phi) is 3.45. The van der Waals surface area contributed by atoms with E-state index in [0.29, 0.717) is 23.0 Å². The molecular formula is C13H13NO3. The summed E-state index contributed by atoms with van der Waals surface area (Å²) in [5.74, 6) is 2.52. The third kappa shape index (κ3) is 2.47. The van der Waals surface area contributed by atoms with E-state index in [0.717, 1.165) is 0 Å². The SMILES string of the molecule is COc1cccc(Oc2ccncc2)c1OC. The lowest BCUT2D eigenvalue weighted by molar-refractivity contribution is 0.336. The average molecular weight is 231 g/mol. The van der Waals surface area contributed by atoms with E-state index in [1.807, 2.05) is 18.2 Å². The van der Waals surface area contributed by atoms with E-state index in [1.54, 1.807) is 38.7 Å². The number of para-hydroxylation sites is 1. The highest BCUT2D eigenvalue weighted by atomic mass is 16.5. The third-order valence-corrected chi connectivity index (χ3v) is 2.24. The van der Waals surface area contributed by atoms with E-state index in [4.69, 9.17) is 14.2 Å². The Hall–Kier alpha value is -2.23. The topological polar surface area (TPSA) is 40.6 Å². The predicted molar refractivity (Wildman–Crippen MR) is 63.9 cm³/mol. The van der Waals surface area contributed by atoms with E-state index >= 15 is 0 Å². The summed E-state index contributed by atoms with van der Waals surface area (Å²) in [6.45, 7) is 0. The molecule has 0 saturated heterocycles. The standard InChI is InChI=1S/C13H13NO3/c1-15-11-4-3-5-12(13(11)16-2)17-10-6-8-14-9-7-10/h3-9H,1-2H3. The van der Waals surface area contributed by atoms with Gasteiger partial charge in [0, 0.05) is 12.4 Å². The molecule has 0 radical (unpaired) electrons. The molecule has 0 aliphatic rings.